The molecule has 1 fully saturated rings. The number of nitriles is 1. The van der Waals surface area contributed by atoms with Crippen LogP contribution in [-0.4, -0.2) is 61.2 Å². The zero-order valence-electron chi connectivity index (χ0n) is 14.5. The minimum Gasteiger partial charge on any atom is -0.305 e. The fraction of sp³-hybridized carbons (Fsp3) is 0.941. The zero-order chi connectivity index (χ0) is 15.7. The standard InChI is InChI=1S/C17H34N4/c1-5-19-17(3,15-18)11-7-8-12-20(4)14-16-10-9-13-21(16)6-2/h16,19H,5-14H2,1-4H3. The number of unbranched alkanes of at least 4 members (excludes halogenated alkanes) is 1. The maximum atomic E-state index is 9.24. The smallest absolute Gasteiger partial charge is 0.103 e. The van der Waals surface area contributed by atoms with E-state index < -0.39 is 0 Å². The van der Waals surface area contributed by atoms with Crippen LogP contribution in [0.4, 0.5) is 0 Å². The van der Waals surface area contributed by atoms with Crippen molar-refractivity contribution in [1.29, 1.82) is 5.26 Å². The number of likely N-dealkylation sites (tertiary alicyclic amines) is 1. The van der Waals surface area contributed by atoms with Crippen molar-refractivity contribution in [3.05, 3.63) is 0 Å². The molecular formula is C17H34N4. The van der Waals surface area contributed by atoms with Gasteiger partial charge in [0.1, 0.15) is 5.54 Å². The van der Waals surface area contributed by atoms with E-state index in [1.807, 2.05) is 6.92 Å². The Morgan fingerprint density at radius 3 is 2.76 bits per heavy atom. The molecule has 0 spiro atoms. The lowest BCUT2D eigenvalue weighted by Crippen LogP contribution is -2.41. The van der Waals surface area contributed by atoms with Gasteiger partial charge in [-0.2, -0.15) is 5.26 Å². The van der Waals surface area contributed by atoms with Gasteiger partial charge in [-0.1, -0.05) is 13.8 Å². The van der Waals surface area contributed by atoms with Gasteiger partial charge in [0.25, 0.3) is 0 Å². The van der Waals surface area contributed by atoms with Gasteiger partial charge in [-0.3, -0.25) is 10.2 Å². The lowest BCUT2D eigenvalue weighted by molar-refractivity contribution is 0.196. The molecule has 1 rings (SSSR count). The van der Waals surface area contributed by atoms with Crippen LogP contribution in [0.3, 0.4) is 0 Å². The van der Waals surface area contributed by atoms with Crippen LogP contribution in [-0.2, 0) is 0 Å². The molecule has 122 valence electrons. The van der Waals surface area contributed by atoms with Gasteiger partial charge < -0.3 is 4.90 Å². The van der Waals surface area contributed by atoms with Crippen molar-refractivity contribution in [2.24, 2.45) is 0 Å². The van der Waals surface area contributed by atoms with E-state index in [9.17, 15) is 5.26 Å². The van der Waals surface area contributed by atoms with Crippen LogP contribution >= 0.6 is 0 Å². The molecule has 4 heteroatoms. The van der Waals surface area contributed by atoms with E-state index in [1.54, 1.807) is 0 Å². The van der Waals surface area contributed by atoms with E-state index in [-0.39, 0.29) is 5.54 Å². The van der Waals surface area contributed by atoms with Crippen LogP contribution in [0.25, 0.3) is 0 Å². The molecule has 2 unspecified atom stereocenters. The molecule has 1 N–H and O–H groups in total. The maximum absolute atomic E-state index is 9.24. The summed E-state index contributed by atoms with van der Waals surface area (Å²) in [7, 11) is 2.24. The van der Waals surface area contributed by atoms with Crippen molar-refractivity contribution in [2.45, 2.75) is 64.5 Å². The summed E-state index contributed by atoms with van der Waals surface area (Å²) in [4.78, 5) is 5.07. The number of hydrogen-bond acceptors (Lipinski definition) is 4. The Hall–Kier alpha value is -0.630. The molecule has 0 radical (unpaired) electrons. The summed E-state index contributed by atoms with van der Waals surface area (Å²) in [5.41, 5.74) is -0.349. The molecule has 1 heterocycles. The highest BCUT2D eigenvalue weighted by Crippen LogP contribution is 2.18. The quantitative estimate of drug-likeness (QED) is 0.629. The van der Waals surface area contributed by atoms with E-state index in [4.69, 9.17) is 0 Å². The molecule has 4 nitrogen and oxygen atoms in total. The molecule has 1 aliphatic rings. The number of hydrogen-bond donors (Lipinski definition) is 1. The van der Waals surface area contributed by atoms with Gasteiger partial charge in [0, 0.05) is 12.6 Å². The Balaban J connectivity index is 2.19. The highest BCUT2D eigenvalue weighted by Gasteiger charge is 2.24. The third-order valence-corrected chi connectivity index (χ3v) is 4.71. The van der Waals surface area contributed by atoms with Crippen molar-refractivity contribution >= 4 is 0 Å². The van der Waals surface area contributed by atoms with Crippen molar-refractivity contribution in [3.8, 4) is 6.07 Å². The summed E-state index contributed by atoms with van der Waals surface area (Å²) in [6.07, 6.45) is 5.94. The first kappa shape index (κ1) is 18.4. The summed E-state index contributed by atoms with van der Waals surface area (Å²) in [5, 5.41) is 12.5. The second kappa shape index (κ2) is 9.40. The predicted octanol–water partition coefficient (Wildman–Crippen LogP) is 2.46. The number of nitrogens with one attached hydrogen (secondary N) is 1. The first-order chi connectivity index (χ1) is 10.0. The van der Waals surface area contributed by atoms with Gasteiger partial charge >= 0.3 is 0 Å². The van der Waals surface area contributed by atoms with Gasteiger partial charge in [-0.15, -0.1) is 0 Å². The van der Waals surface area contributed by atoms with Crippen molar-refractivity contribution < 1.29 is 0 Å². The highest BCUT2D eigenvalue weighted by atomic mass is 15.2. The Labute approximate surface area is 131 Å². The summed E-state index contributed by atoms with van der Waals surface area (Å²) in [5.74, 6) is 0. The average molecular weight is 294 g/mol. The minimum atomic E-state index is -0.349. The molecule has 0 aromatic rings. The van der Waals surface area contributed by atoms with Crippen LogP contribution in [0.5, 0.6) is 0 Å². The Morgan fingerprint density at radius 1 is 1.38 bits per heavy atom. The summed E-state index contributed by atoms with van der Waals surface area (Å²) >= 11 is 0. The summed E-state index contributed by atoms with van der Waals surface area (Å²) < 4.78 is 0. The van der Waals surface area contributed by atoms with Crippen LogP contribution in [0, 0.1) is 11.3 Å². The normalized spacial score (nSPS) is 22.4. The van der Waals surface area contributed by atoms with E-state index in [0.29, 0.717) is 0 Å². The SMILES string of the molecule is CCNC(C)(C#N)CCCCN(C)CC1CCCN1CC. The molecule has 0 saturated carbocycles. The van der Waals surface area contributed by atoms with Gasteiger partial charge in [0.05, 0.1) is 6.07 Å². The molecule has 0 bridgehead atoms. The molecule has 0 aromatic heterocycles. The molecule has 0 aliphatic carbocycles. The largest absolute Gasteiger partial charge is 0.305 e. The first-order valence-corrected chi connectivity index (χ1v) is 8.63. The number of nitrogens with zero attached hydrogens (tertiary/aromatic N) is 3. The number of rotatable bonds is 10. The van der Waals surface area contributed by atoms with Crippen molar-refractivity contribution in [3.63, 3.8) is 0 Å². The fourth-order valence-electron chi connectivity index (χ4n) is 3.40. The summed E-state index contributed by atoms with van der Waals surface area (Å²) in [6.45, 7) is 12.0. The lowest BCUT2D eigenvalue weighted by atomic mass is 9.96. The average Bonchev–Trinajstić information content (AvgIpc) is 2.91. The Morgan fingerprint density at radius 2 is 2.14 bits per heavy atom. The number of likely N-dealkylation sites (N-methyl/N-ethyl adjacent to an activating group) is 2. The highest BCUT2D eigenvalue weighted by molar-refractivity contribution is 5.03. The summed E-state index contributed by atoms with van der Waals surface area (Å²) in [6, 6.07) is 3.16. The molecule has 0 amide bonds. The molecule has 21 heavy (non-hydrogen) atoms. The van der Waals surface area contributed by atoms with Gasteiger partial charge in [-0.05, 0) is 72.3 Å². The van der Waals surface area contributed by atoms with E-state index >= 15 is 0 Å². The van der Waals surface area contributed by atoms with Crippen molar-refractivity contribution in [1.82, 2.24) is 15.1 Å². The van der Waals surface area contributed by atoms with Gasteiger partial charge in [-0.25, -0.2) is 0 Å². The van der Waals surface area contributed by atoms with Crippen LogP contribution < -0.4 is 5.32 Å². The molecule has 1 saturated heterocycles. The van der Waals surface area contributed by atoms with Crippen LogP contribution in [0.1, 0.15) is 52.9 Å². The second-order valence-corrected chi connectivity index (χ2v) is 6.62. The van der Waals surface area contributed by atoms with Gasteiger partial charge in [0.15, 0.2) is 0 Å². The van der Waals surface area contributed by atoms with E-state index in [1.165, 1.54) is 38.9 Å². The fourth-order valence-corrected chi connectivity index (χ4v) is 3.40. The maximum Gasteiger partial charge on any atom is 0.103 e. The first-order valence-electron chi connectivity index (χ1n) is 8.63. The zero-order valence-corrected chi connectivity index (χ0v) is 14.5. The molecule has 0 aromatic carbocycles. The van der Waals surface area contributed by atoms with Crippen LogP contribution in [0.2, 0.25) is 0 Å². The molecular weight excluding hydrogens is 260 g/mol. The van der Waals surface area contributed by atoms with Crippen LogP contribution in [0.15, 0.2) is 0 Å². The third-order valence-electron chi connectivity index (χ3n) is 4.71. The topological polar surface area (TPSA) is 42.3 Å². The Kier molecular flexibility index (Phi) is 8.24. The Bertz CT molecular complexity index is 325. The van der Waals surface area contributed by atoms with E-state index in [2.05, 4.69) is 42.1 Å². The monoisotopic (exact) mass is 294 g/mol. The van der Waals surface area contributed by atoms with E-state index in [0.717, 1.165) is 32.0 Å². The lowest BCUT2D eigenvalue weighted by Gasteiger charge is -2.28. The molecule has 1 aliphatic heterocycles. The van der Waals surface area contributed by atoms with Gasteiger partial charge in [0.2, 0.25) is 0 Å². The third kappa shape index (κ3) is 6.34. The van der Waals surface area contributed by atoms with Crippen molar-refractivity contribution in [2.75, 3.05) is 39.8 Å². The minimum absolute atomic E-state index is 0.349. The molecule has 2 atom stereocenters. The predicted molar refractivity (Wildman–Crippen MR) is 89.3 cm³/mol. The second-order valence-electron chi connectivity index (χ2n) is 6.62.